The lowest BCUT2D eigenvalue weighted by Crippen LogP contribution is -2.14. The van der Waals surface area contributed by atoms with Gasteiger partial charge in [-0.1, -0.05) is 35.9 Å². The van der Waals surface area contributed by atoms with Crippen molar-refractivity contribution in [2.75, 3.05) is 18.5 Å². The van der Waals surface area contributed by atoms with Crippen LogP contribution in [0.4, 0.5) is 5.95 Å². The zero-order chi connectivity index (χ0) is 22.7. The number of aromatic amines is 1. The van der Waals surface area contributed by atoms with Gasteiger partial charge in [0.1, 0.15) is 5.75 Å². The molecule has 0 saturated carbocycles. The van der Waals surface area contributed by atoms with Crippen molar-refractivity contribution in [3.63, 3.8) is 0 Å². The number of fused-ring (bicyclic) bond motifs is 1. The lowest BCUT2D eigenvalue weighted by Gasteiger charge is -2.11. The summed E-state index contributed by atoms with van der Waals surface area (Å²) >= 11 is 6.04. The van der Waals surface area contributed by atoms with Crippen LogP contribution in [0.2, 0.25) is 5.02 Å². The third-order valence-electron chi connectivity index (χ3n) is 4.91. The van der Waals surface area contributed by atoms with Crippen molar-refractivity contribution in [1.29, 1.82) is 0 Å². The van der Waals surface area contributed by atoms with Crippen LogP contribution in [0, 0.1) is 6.92 Å². The predicted octanol–water partition coefficient (Wildman–Crippen LogP) is 4.13. The molecule has 0 unspecified atom stereocenters. The Labute approximate surface area is 189 Å². The van der Waals surface area contributed by atoms with Crippen LogP contribution in [0.3, 0.4) is 0 Å². The Morgan fingerprint density at radius 1 is 1.16 bits per heavy atom. The molecule has 164 valence electrons. The molecule has 0 aliphatic heterocycles. The zero-order valence-electron chi connectivity index (χ0n) is 17.7. The average molecular weight is 452 g/mol. The number of ether oxygens (including phenoxy) is 1. The van der Waals surface area contributed by atoms with Gasteiger partial charge < -0.3 is 10.1 Å². The van der Waals surface area contributed by atoms with Gasteiger partial charge in [0.15, 0.2) is 17.3 Å². The van der Waals surface area contributed by atoms with Crippen LogP contribution in [0.25, 0.3) is 17.0 Å². The number of benzene rings is 2. The fraction of sp³-hybridized carbons (Fsp3) is 0.217. The summed E-state index contributed by atoms with van der Waals surface area (Å²) in [5.41, 5.74) is 2.50. The number of hydrogen-bond acceptors (Lipinski definition) is 6. The Morgan fingerprint density at radius 3 is 2.66 bits per heavy atom. The third kappa shape index (κ3) is 4.81. The van der Waals surface area contributed by atoms with Gasteiger partial charge in [-0.25, -0.2) is 9.50 Å². The molecule has 0 bridgehead atoms. The van der Waals surface area contributed by atoms with E-state index in [0.717, 1.165) is 16.9 Å². The first-order valence-corrected chi connectivity index (χ1v) is 10.5. The number of carbonyl (C=O) groups is 1. The van der Waals surface area contributed by atoms with Crippen molar-refractivity contribution in [3.05, 3.63) is 75.0 Å². The van der Waals surface area contributed by atoms with Gasteiger partial charge in [-0.15, -0.1) is 0 Å². The summed E-state index contributed by atoms with van der Waals surface area (Å²) in [7, 11) is 0. The van der Waals surface area contributed by atoms with Gasteiger partial charge in [0, 0.05) is 28.8 Å². The topological polar surface area (TPSA) is 101 Å². The summed E-state index contributed by atoms with van der Waals surface area (Å²) < 4.78 is 7.28. The van der Waals surface area contributed by atoms with Crippen LogP contribution in [0.1, 0.15) is 29.3 Å². The highest BCUT2D eigenvalue weighted by molar-refractivity contribution is 6.31. The smallest absolute Gasteiger partial charge is 0.266 e. The molecule has 2 heterocycles. The van der Waals surface area contributed by atoms with Gasteiger partial charge in [-0.3, -0.25) is 14.7 Å². The summed E-state index contributed by atoms with van der Waals surface area (Å²) in [6.07, 6.45) is 0.710. The normalized spacial score (nSPS) is 11.0. The number of rotatable bonds is 8. The minimum absolute atomic E-state index is 0.0107. The number of Topliss-reactive ketones (excluding diaryl/α,β-unsaturated/α-hetero) is 1. The van der Waals surface area contributed by atoms with Gasteiger partial charge in [-0.2, -0.15) is 4.98 Å². The van der Waals surface area contributed by atoms with Gasteiger partial charge in [0.2, 0.25) is 5.95 Å². The first kappa shape index (κ1) is 21.6. The number of aryl methyl sites for hydroxylation is 1. The number of carbonyl (C=O) groups excluding carboxylic acids is 1. The monoisotopic (exact) mass is 451 g/mol. The highest BCUT2D eigenvalue weighted by Gasteiger charge is 2.11. The highest BCUT2D eigenvalue weighted by atomic mass is 35.5. The van der Waals surface area contributed by atoms with E-state index < -0.39 is 0 Å². The van der Waals surface area contributed by atoms with E-state index in [1.165, 1.54) is 17.5 Å². The Morgan fingerprint density at radius 2 is 1.94 bits per heavy atom. The predicted molar refractivity (Wildman–Crippen MR) is 124 cm³/mol. The van der Waals surface area contributed by atoms with Gasteiger partial charge >= 0.3 is 0 Å². The number of aromatic nitrogens is 4. The average Bonchev–Trinajstić information content (AvgIpc) is 3.16. The Hall–Kier alpha value is -3.65. The molecule has 0 spiro atoms. The number of halogens is 1. The molecule has 8 nitrogen and oxygen atoms in total. The quantitative estimate of drug-likeness (QED) is 0.308. The van der Waals surface area contributed by atoms with E-state index in [1.54, 1.807) is 24.3 Å². The molecule has 0 amide bonds. The van der Waals surface area contributed by atoms with Gasteiger partial charge in [-0.05, 0) is 44.0 Å². The maximum absolute atomic E-state index is 11.9. The molecule has 2 N–H and O–H groups in total. The second-order valence-electron chi connectivity index (χ2n) is 7.36. The first-order valence-electron chi connectivity index (χ1n) is 10.1. The molecule has 0 saturated heterocycles. The van der Waals surface area contributed by atoms with Crippen molar-refractivity contribution in [2.24, 2.45) is 0 Å². The summed E-state index contributed by atoms with van der Waals surface area (Å²) in [6, 6.07) is 14.0. The maximum Gasteiger partial charge on any atom is 0.266 e. The fourth-order valence-corrected chi connectivity index (χ4v) is 3.30. The van der Waals surface area contributed by atoms with E-state index in [2.05, 4.69) is 20.4 Å². The highest BCUT2D eigenvalue weighted by Crippen LogP contribution is 2.21. The largest absolute Gasteiger partial charge is 0.494 e. The van der Waals surface area contributed by atoms with Gasteiger partial charge in [0.05, 0.1) is 6.61 Å². The lowest BCUT2D eigenvalue weighted by atomic mass is 10.1. The molecule has 0 fully saturated rings. The van der Waals surface area contributed by atoms with E-state index in [1.807, 2.05) is 25.1 Å². The van der Waals surface area contributed by atoms with Crippen LogP contribution < -0.4 is 15.6 Å². The summed E-state index contributed by atoms with van der Waals surface area (Å²) in [5.74, 6) is 1.67. The number of H-pyrrole nitrogens is 1. The second-order valence-corrected chi connectivity index (χ2v) is 7.77. The van der Waals surface area contributed by atoms with Crippen LogP contribution >= 0.6 is 11.6 Å². The summed E-state index contributed by atoms with van der Waals surface area (Å²) in [4.78, 5) is 32.4. The minimum atomic E-state index is -0.270. The molecule has 2 aromatic heterocycles. The van der Waals surface area contributed by atoms with Crippen LogP contribution in [-0.4, -0.2) is 38.5 Å². The molecule has 0 aliphatic carbocycles. The van der Waals surface area contributed by atoms with E-state index in [9.17, 15) is 9.59 Å². The van der Waals surface area contributed by atoms with E-state index in [0.29, 0.717) is 47.6 Å². The number of ketones is 1. The number of nitrogens with one attached hydrogen (secondary N) is 2. The van der Waals surface area contributed by atoms with Crippen LogP contribution in [0.5, 0.6) is 5.75 Å². The maximum atomic E-state index is 11.9. The number of nitrogens with zero attached hydrogens (tertiary/aromatic N) is 3. The van der Waals surface area contributed by atoms with Crippen LogP contribution in [0.15, 0.2) is 53.3 Å². The van der Waals surface area contributed by atoms with Crippen molar-refractivity contribution in [1.82, 2.24) is 19.6 Å². The fourth-order valence-electron chi connectivity index (χ4n) is 3.18. The Kier molecular flexibility index (Phi) is 6.23. The van der Waals surface area contributed by atoms with Crippen molar-refractivity contribution < 1.29 is 9.53 Å². The van der Waals surface area contributed by atoms with Crippen molar-refractivity contribution >= 4 is 29.0 Å². The van der Waals surface area contributed by atoms with E-state index in [-0.39, 0.29) is 11.3 Å². The molecule has 4 rings (SSSR count). The SMILES string of the molecule is CC(=O)c1ccc(-c2nc(NCCCOc3ccc(Cl)c(C)c3)n3[nH]c(=O)cc3n2)cc1. The zero-order valence-corrected chi connectivity index (χ0v) is 18.4. The Balaban J connectivity index is 1.47. The van der Waals surface area contributed by atoms with Crippen LogP contribution in [-0.2, 0) is 0 Å². The van der Waals surface area contributed by atoms with E-state index >= 15 is 0 Å². The van der Waals surface area contributed by atoms with Gasteiger partial charge in [0.25, 0.3) is 5.56 Å². The lowest BCUT2D eigenvalue weighted by molar-refractivity contribution is 0.101. The standard InChI is InChI=1S/C23H22ClN5O3/c1-14-12-18(8-9-19(14)24)32-11-3-10-25-23-27-22(26-20-13-21(31)28-29(20)23)17-6-4-16(5-7-17)15(2)30/h4-9,12-13H,3,10-11H2,1-2H3,(H,28,31)(H,25,26,27). The molecule has 32 heavy (non-hydrogen) atoms. The summed E-state index contributed by atoms with van der Waals surface area (Å²) in [5, 5.41) is 6.63. The molecular weight excluding hydrogens is 430 g/mol. The molecule has 2 aromatic carbocycles. The molecule has 0 atom stereocenters. The number of anilines is 1. The first-order chi connectivity index (χ1) is 15.4. The molecule has 4 aromatic rings. The van der Waals surface area contributed by atoms with E-state index in [4.69, 9.17) is 16.3 Å². The molecule has 9 heteroatoms. The molecular formula is C23H22ClN5O3. The third-order valence-corrected chi connectivity index (χ3v) is 5.33. The summed E-state index contributed by atoms with van der Waals surface area (Å²) in [6.45, 7) is 4.52. The molecule has 0 aliphatic rings. The number of hydrogen-bond donors (Lipinski definition) is 2. The minimum Gasteiger partial charge on any atom is -0.494 e. The Bertz CT molecular complexity index is 1330. The second kappa shape index (κ2) is 9.23. The van der Waals surface area contributed by atoms with Crippen molar-refractivity contribution in [3.8, 4) is 17.1 Å². The van der Waals surface area contributed by atoms with Crippen molar-refractivity contribution in [2.45, 2.75) is 20.3 Å². The molecule has 0 radical (unpaired) electrons.